The van der Waals surface area contributed by atoms with E-state index in [9.17, 15) is 13.2 Å². The smallest absolute Gasteiger partial charge is 0.255 e. The molecule has 0 aromatic heterocycles. The van der Waals surface area contributed by atoms with Gasteiger partial charge in [-0.1, -0.05) is 29.8 Å². The topological polar surface area (TPSA) is 69.7 Å². The number of anilines is 1. The Kier molecular flexibility index (Phi) is 6.95. The molecule has 6 nitrogen and oxygen atoms in total. The summed E-state index contributed by atoms with van der Waals surface area (Å²) in [5.74, 6) is 0.0233. The summed E-state index contributed by atoms with van der Waals surface area (Å²) in [6, 6.07) is 11.8. The van der Waals surface area contributed by atoms with E-state index >= 15 is 0 Å². The second kappa shape index (κ2) is 9.29. The predicted molar refractivity (Wildman–Crippen MR) is 121 cm³/mol. The third-order valence-corrected chi connectivity index (χ3v) is 7.48. The van der Waals surface area contributed by atoms with Crippen molar-refractivity contribution in [2.45, 2.75) is 34.2 Å². The quantitative estimate of drug-likeness (QED) is 0.765. The summed E-state index contributed by atoms with van der Waals surface area (Å²) >= 11 is 0. The number of benzene rings is 2. The molecule has 0 aliphatic carbocycles. The summed E-state index contributed by atoms with van der Waals surface area (Å²) in [4.78, 5) is 15.1. The molecule has 7 heteroatoms. The molecule has 1 aliphatic heterocycles. The van der Waals surface area contributed by atoms with Crippen LogP contribution < -0.4 is 5.32 Å². The molecule has 0 atom stereocenters. The number of hydrogen-bond donors (Lipinski definition) is 1. The maximum absolute atomic E-state index is 12.8. The van der Waals surface area contributed by atoms with Crippen LogP contribution in [0.2, 0.25) is 0 Å². The van der Waals surface area contributed by atoms with E-state index in [1.54, 1.807) is 11.2 Å². The molecule has 162 valence electrons. The number of carbonyl (C=O) groups excluding carboxylic acids is 1. The first kappa shape index (κ1) is 22.5. The van der Waals surface area contributed by atoms with Crippen LogP contribution in [-0.2, 0) is 16.6 Å². The highest BCUT2D eigenvalue weighted by Gasteiger charge is 2.25. The van der Waals surface area contributed by atoms with Gasteiger partial charge in [0, 0.05) is 44.0 Å². The number of sulfonamides is 1. The number of carbonyl (C=O) groups is 1. The first-order chi connectivity index (χ1) is 14.2. The van der Waals surface area contributed by atoms with Crippen molar-refractivity contribution in [1.29, 1.82) is 0 Å². The number of amides is 1. The summed E-state index contributed by atoms with van der Waals surface area (Å²) in [5.41, 5.74) is 5.82. The van der Waals surface area contributed by atoms with Gasteiger partial charge in [-0.05, 0) is 56.5 Å². The first-order valence-electron chi connectivity index (χ1n) is 10.4. The second-order valence-electron chi connectivity index (χ2n) is 8.00. The van der Waals surface area contributed by atoms with Crippen molar-refractivity contribution in [1.82, 2.24) is 9.21 Å². The summed E-state index contributed by atoms with van der Waals surface area (Å²) < 4.78 is 25.6. The third kappa shape index (κ3) is 5.28. The number of piperazine rings is 1. The van der Waals surface area contributed by atoms with E-state index in [1.807, 2.05) is 45.0 Å². The van der Waals surface area contributed by atoms with Crippen molar-refractivity contribution in [3.63, 3.8) is 0 Å². The Balaban J connectivity index is 1.65. The summed E-state index contributed by atoms with van der Waals surface area (Å²) in [6.07, 6.45) is 0. The van der Waals surface area contributed by atoms with Gasteiger partial charge in [-0.25, -0.2) is 8.42 Å². The van der Waals surface area contributed by atoms with Crippen LogP contribution in [0.4, 0.5) is 5.69 Å². The monoisotopic (exact) mass is 429 g/mol. The van der Waals surface area contributed by atoms with Crippen LogP contribution in [0, 0.1) is 20.8 Å². The molecule has 0 radical (unpaired) electrons. The van der Waals surface area contributed by atoms with E-state index in [4.69, 9.17) is 0 Å². The molecule has 1 saturated heterocycles. The van der Waals surface area contributed by atoms with Crippen LogP contribution >= 0.6 is 0 Å². The first-order valence-corrected chi connectivity index (χ1v) is 12.0. The zero-order valence-electron chi connectivity index (χ0n) is 18.2. The van der Waals surface area contributed by atoms with Crippen molar-refractivity contribution in [3.8, 4) is 0 Å². The largest absolute Gasteiger partial charge is 0.322 e. The minimum absolute atomic E-state index is 0.120. The van der Waals surface area contributed by atoms with Crippen LogP contribution in [0.15, 0.2) is 36.4 Å². The molecule has 0 saturated carbocycles. The molecular weight excluding hydrogens is 398 g/mol. The fourth-order valence-electron chi connectivity index (χ4n) is 3.98. The third-order valence-electron chi connectivity index (χ3n) is 5.60. The fraction of sp³-hybridized carbons (Fsp3) is 0.435. The van der Waals surface area contributed by atoms with Crippen molar-refractivity contribution in [3.05, 3.63) is 64.2 Å². The van der Waals surface area contributed by atoms with Crippen molar-refractivity contribution in [2.24, 2.45) is 0 Å². The van der Waals surface area contributed by atoms with Gasteiger partial charge in [0.2, 0.25) is 10.0 Å². The predicted octanol–water partition coefficient (Wildman–Crippen LogP) is 3.33. The Hall–Kier alpha value is -2.22. The number of hydrogen-bond acceptors (Lipinski definition) is 4. The second-order valence-corrected chi connectivity index (χ2v) is 10.3. The van der Waals surface area contributed by atoms with Crippen LogP contribution in [0.25, 0.3) is 0 Å². The number of nitrogens with one attached hydrogen (secondary N) is 1. The molecule has 0 bridgehead atoms. The van der Waals surface area contributed by atoms with Gasteiger partial charge >= 0.3 is 0 Å². The highest BCUT2D eigenvalue weighted by atomic mass is 32.2. The Bertz CT molecular complexity index is 1000. The van der Waals surface area contributed by atoms with E-state index in [0.29, 0.717) is 38.3 Å². The standard InChI is InChI=1S/C23H31N3O3S/c1-5-30(28,29)26-11-9-25(10-12-26)16-20-7-6-8-21(15-20)23(27)24-22-18(3)13-17(2)14-19(22)4/h6-8,13-15H,5,9-12,16H2,1-4H3,(H,24,27). The molecule has 3 rings (SSSR count). The lowest BCUT2D eigenvalue weighted by atomic mass is 10.0. The molecule has 2 aromatic carbocycles. The zero-order valence-corrected chi connectivity index (χ0v) is 19.1. The Morgan fingerprint density at radius 3 is 2.23 bits per heavy atom. The van der Waals surface area contributed by atoms with Gasteiger partial charge < -0.3 is 5.32 Å². The van der Waals surface area contributed by atoms with Crippen LogP contribution in [-0.4, -0.2) is 55.5 Å². The summed E-state index contributed by atoms with van der Waals surface area (Å²) in [5, 5.41) is 3.06. The highest BCUT2D eigenvalue weighted by molar-refractivity contribution is 7.89. The summed E-state index contributed by atoms with van der Waals surface area (Å²) in [6.45, 7) is 10.8. The Labute approximate surface area is 179 Å². The van der Waals surface area contributed by atoms with Crippen LogP contribution in [0.3, 0.4) is 0 Å². The zero-order chi connectivity index (χ0) is 21.9. The van der Waals surface area contributed by atoms with E-state index in [0.717, 1.165) is 22.4 Å². The van der Waals surface area contributed by atoms with Crippen LogP contribution in [0.1, 0.15) is 39.5 Å². The Morgan fingerprint density at radius 2 is 1.63 bits per heavy atom. The van der Waals surface area contributed by atoms with E-state index in [-0.39, 0.29) is 11.7 Å². The molecule has 1 amide bonds. The van der Waals surface area contributed by atoms with Gasteiger partial charge in [-0.3, -0.25) is 9.69 Å². The molecule has 1 aliphatic rings. The highest BCUT2D eigenvalue weighted by Crippen LogP contribution is 2.23. The van der Waals surface area contributed by atoms with E-state index < -0.39 is 10.0 Å². The molecular formula is C23H31N3O3S. The normalized spacial score (nSPS) is 15.9. The minimum atomic E-state index is -3.12. The SMILES string of the molecule is CCS(=O)(=O)N1CCN(Cc2cccc(C(=O)Nc3c(C)cc(C)cc3C)c2)CC1. The molecule has 30 heavy (non-hydrogen) atoms. The maximum atomic E-state index is 12.8. The van der Waals surface area contributed by atoms with Crippen molar-refractivity contribution in [2.75, 3.05) is 37.2 Å². The maximum Gasteiger partial charge on any atom is 0.255 e. The van der Waals surface area contributed by atoms with Crippen molar-refractivity contribution >= 4 is 21.6 Å². The average molecular weight is 430 g/mol. The van der Waals surface area contributed by atoms with Gasteiger partial charge in [0.05, 0.1) is 5.75 Å². The lowest BCUT2D eigenvalue weighted by Gasteiger charge is -2.33. The number of aryl methyl sites for hydroxylation is 3. The molecule has 1 heterocycles. The lowest BCUT2D eigenvalue weighted by molar-refractivity contribution is 0.102. The van der Waals surface area contributed by atoms with E-state index in [2.05, 4.69) is 22.3 Å². The van der Waals surface area contributed by atoms with Gasteiger partial charge in [-0.2, -0.15) is 4.31 Å². The Morgan fingerprint density at radius 1 is 1.00 bits per heavy atom. The van der Waals surface area contributed by atoms with Gasteiger partial charge in [0.1, 0.15) is 0 Å². The fourth-order valence-corrected chi connectivity index (χ4v) is 5.07. The van der Waals surface area contributed by atoms with E-state index in [1.165, 1.54) is 5.56 Å². The van der Waals surface area contributed by atoms with Crippen molar-refractivity contribution < 1.29 is 13.2 Å². The van der Waals surface area contributed by atoms with Crippen LogP contribution in [0.5, 0.6) is 0 Å². The lowest BCUT2D eigenvalue weighted by Crippen LogP contribution is -2.48. The molecule has 1 N–H and O–H groups in total. The van der Waals surface area contributed by atoms with Gasteiger partial charge in [-0.15, -0.1) is 0 Å². The number of nitrogens with zero attached hydrogens (tertiary/aromatic N) is 2. The summed E-state index contributed by atoms with van der Waals surface area (Å²) in [7, 11) is -3.12. The molecule has 1 fully saturated rings. The van der Waals surface area contributed by atoms with Gasteiger partial charge in [0.15, 0.2) is 0 Å². The molecule has 2 aromatic rings. The molecule has 0 spiro atoms. The number of rotatable bonds is 6. The van der Waals surface area contributed by atoms with Gasteiger partial charge in [0.25, 0.3) is 5.91 Å². The molecule has 0 unspecified atom stereocenters. The minimum Gasteiger partial charge on any atom is -0.322 e. The average Bonchev–Trinajstić information content (AvgIpc) is 2.71.